The first kappa shape index (κ1) is 10.9. The third-order valence-corrected chi connectivity index (χ3v) is 2.17. The summed E-state index contributed by atoms with van der Waals surface area (Å²) in [7, 11) is 0. The monoisotopic (exact) mass is 237 g/mol. The van der Waals surface area contributed by atoms with Crippen LogP contribution in [0.1, 0.15) is 11.7 Å². The molecule has 9 heteroatoms. The Balaban J connectivity index is 2.64. The Labute approximate surface area is 92.6 Å². The fourth-order valence-corrected chi connectivity index (χ4v) is 1.33. The Hall–Kier alpha value is -2.58. The highest BCUT2D eigenvalue weighted by Crippen LogP contribution is 2.15. The lowest BCUT2D eigenvalue weighted by Crippen LogP contribution is -2.51. The molecule has 0 spiro atoms. The third kappa shape index (κ3) is 1.67. The van der Waals surface area contributed by atoms with Crippen molar-refractivity contribution in [3.05, 3.63) is 31.5 Å². The molecule has 0 saturated carbocycles. The molecule has 1 aromatic heterocycles. The van der Waals surface area contributed by atoms with Crippen LogP contribution in [0.5, 0.6) is 0 Å². The quantitative estimate of drug-likeness (QED) is 0.570. The van der Waals surface area contributed by atoms with Gasteiger partial charge in [0.1, 0.15) is 0 Å². The number of aromatic nitrogens is 3. The average molecular weight is 237 g/mol. The minimum absolute atomic E-state index is 0.251. The molecule has 0 radical (unpaired) electrons. The standard InChI is InChI=1S/C8H7N5O4/c1-8(9-2-3-10-8)4(14)13-6(16)11-5(15)12-7(13)17/h2-3H,1H3,(H2,11,12,15,16,17). The van der Waals surface area contributed by atoms with Gasteiger partial charge in [0.05, 0.1) is 0 Å². The molecule has 9 nitrogen and oxygen atoms in total. The largest absolute Gasteiger partial charge is 0.340 e. The van der Waals surface area contributed by atoms with Crippen molar-refractivity contribution in [1.29, 1.82) is 0 Å². The molecule has 1 aliphatic heterocycles. The first-order valence-corrected chi connectivity index (χ1v) is 4.53. The number of nitrogens with one attached hydrogen (secondary N) is 2. The van der Waals surface area contributed by atoms with Gasteiger partial charge in [-0.1, -0.05) is 0 Å². The minimum Gasteiger partial charge on any atom is -0.269 e. The molecule has 1 aliphatic rings. The topological polar surface area (TPSA) is 130 Å². The van der Waals surface area contributed by atoms with E-state index < -0.39 is 28.6 Å². The molecular weight excluding hydrogens is 230 g/mol. The molecule has 2 rings (SSSR count). The van der Waals surface area contributed by atoms with Crippen LogP contribution in [0.25, 0.3) is 0 Å². The molecular formula is C8H7N5O4. The van der Waals surface area contributed by atoms with Crippen LogP contribution in [-0.4, -0.2) is 38.5 Å². The summed E-state index contributed by atoms with van der Waals surface area (Å²) < 4.78 is 0.251. The van der Waals surface area contributed by atoms with E-state index in [1.54, 1.807) is 9.97 Å². The zero-order valence-corrected chi connectivity index (χ0v) is 8.63. The zero-order valence-electron chi connectivity index (χ0n) is 8.63. The van der Waals surface area contributed by atoms with Crippen molar-refractivity contribution < 1.29 is 4.79 Å². The smallest absolute Gasteiger partial charge is 0.269 e. The van der Waals surface area contributed by atoms with E-state index in [0.29, 0.717) is 0 Å². The first-order chi connectivity index (χ1) is 7.94. The normalized spacial score (nSPS) is 16.3. The molecule has 17 heavy (non-hydrogen) atoms. The fourth-order valence-electron chi connectivity index (χ4n) is 1.33. The number of H-pyrrole nitrogens is 2. The van der Waals surface area contributed by atoms with E-state index >= 15 is 0 Å². The third-order valence-electron chi connectivity index (χ3n) is 2.17. The second kappa shape index (κ2) is 3.47. The van der Waals surface area contributed by atoms with Gasteiger partial charge in [0.25, 0.3) is 5.91 Å². The van der Waals surface area contributed by atoms with Gasteiger partial charge < -0.3 is 0 Å². The SMILES string of the molecule is CC1(C(=O)n2c(=O)[nH]c(=O)[nH]c2=O)N=CC=N1. The molecule has 0 amide bonds. The van der Waals surface area contributed by atoms with Crippen molar-refractivity contribution in [2.24, 2.45) is 9.98 Å². The predicted molar refractivity (Wildman–Crippen MR) is 58.0 cm³/mol. The van der Waals surface area contributed by atoms with Gasteiger partial charge in [0, 0.05) is 12.4 Å². The van der Waals surface area contributed by atoms with Crippen LogP contribution in [0.2, 0.25) is 0 Å². The molecule has 0 atom stereocenters. The van der Waals surface area contributed by atoms with E-state index in [0.717, 1.165) is 0 Å². The Kier molecular flexibility index (Phi) is 2.23. The summed E-state index contributed by atoms with van der Waals surface area (Å²) in [5.74, 6) is -0.940. The molecule has 0 aliphatic carbocycles. The highest BCUT2D eigenvalue weighted by Gasteiger charge is 2.36. The van der Waals surface area contributed by atoms with Crippen LogP contribution in [-0.2, 0) is 0 Å². The molecule has 2 N–H and O–H groups in total. The van der Waals surface area contributed by atoms with Crippen molar-refractivity contribution in [2.45, 2.75) is 12.6 Å². The number of carbonyl (C=O) groups excluding carboxylic acids is 1. The molecule has 2 heterocycles. The van der Waals surface area contributed by atoms with Gasteiger partial charge in [-0.2, -0.15) is 4.57 Å². The maximum atomic E-state index is 11.9. The van der Waals surface area contributed by atoms with Gasteiger partial charge in [0.15, 0.2) is 0 Å². The molecule has 1 aromatic rings. The first-order valence-electron chi connectivity index (χ1n) is 4.53. The number of nitrogens with zero attached hydrogens (tertiary/aromatic N) is 3. The van der Waals surface area contributed by atoms with E-state index in [9.17, 15) is 19.2 Å². The predicted octanol–water partition coefficient (Wildman–Crippen LogP) is -2.26. The maximum absolute atomic E-state index is 11.9. The Bertz CT molecular complexity index is 657. The summed E-state index contributed by atoms with van der Waals surface area (Å²) in [6.07, 6.45) is 2.56. The summed E-state index contributed by atoms with van der Waals surface area (Å²) >= 11 is 0. The van der Waals surface area contributed by atoms with E-state index in [1.165, 1.54) is 19.4 Å². The molecule has 0 saturated heterocycles. The van der Waals surface area contributed by atoms with Gasteiger partial charge in [-0.25, -0.2) is 14.4 Å². The lowest BCUT2D eigenvalue weighted by Gasteiger charge is -2.15. The maximum Gasteiger partial charge on any atom is 0.340 e. The molecule has 0 bridgehead atoms. The van der Waals surface area contributed by atoms with Crippen molar-refractivity contribution >= 4 is 18.3 Å². The highest BCUT2D eigenvalue weighted by molar-refractivity contribution is 6.19. The number of aromatic amines is 2. The van der Waals surface area contributed by atoms with Gasteiger partial charge in [-0.15, -0.1) is 0 Å². The summed E-state index contributed by atoms with van der Waals surface area (Å²) in [5, 5.41) is 0. The van der Waals surface area contributed by atoms with Gasteiger partial charge in [-0.05, 0) is 6.92 Å². The fraction of sp³-hybridized carbons (Fsp3) is 0.250. The number of carbonyl (C=O) groups is 1. The van der Waals surface area contributed by atoms with E-state index in [2.05, 4.69) is 9.98 Å². The van der Waals surface area contributed by atoms with Gasteiger partial charge in [0.2, 0.25) is 5.66 Å². The number of aliphatic imine (C=N–C) groups is 2. The lowest BCUT2D eigenvalue weighted by atomic mass is 10.2. The Morgan fingerprint density at radius 3 is 2.12 bits per heavy atom. The lowest BCUT2D eigenvalue weighted by molar-refractivity contribution is 0.0811. The van der Waals surface area contributed by atoms with E-state index in [1.807, 2.05) is 0 Å². The average Bonchev–Trinajstić information content (AvgIpc) is 2.64. The van der Waals surface area contributed by atoms with E-state index in [4.69, 9.17) is 0 Å². The molecule has 0 unspecified atom stereocenters. The van der Waals surface area contributed by atoms with E-state index in [-0.39, 0.29) is 4.57 Å². The van der Waals surface area contributed by atoms with Crippen molar-refractivity contribution in [2.75, 3.05) is 0 Å². The second-order valence-electron chi connectivity index (χ2n) is 3.41. The van der Waals surface area contributed by atoms with Gasteiger partial charge in [-0.3, -0.25) is 24.7 Å². The van der Waals surface area contributed by atoms with Crippen LogP contribution < -0.4 is 17.1 Å². The molecule has 88 valence electrons. The van der Waals surface area contributed by atoms with Crippen molar-refractivity contribution in [1.82, 2.24) is 14.5 Å². The molecule has 0 aromatic carbocycles. The van der Waals surface area contributed by atoms with Crippen LogP contribution >= 0.6 is 0 Å². The number of rotatable bonds is 1. The zero-order chi connectivity index (χ0) is 12.6. The van der Waals surface area contributed by atoms with Crippen LogP contribution in [0.4, 0.5) is 0 Å². The number of hydrogen-bond donors (Lipinski definition) is 2. The van der Waals surface area contributed by atoms with Gasteiger partial charge >= 0.3 is 17.1 Å². The van der Waals surface area contributed by atoms with Crippen LogP contribution in [0, 0.1) is 0 Å². The minimum atomic E-state index is -1.55. The van der Waals surface area contributed by atoms with Crippen LogP contribution in [0.3, 0.4) is 0 Å². The van der Waals surface area contributed by atoms with Crippen LogP contribution in [0.15, 0.2) is 24.4 Å². The van der Waals surface area contributed by atoms with Crippen molar-refractivity contribution in [3.8, 4) is 0 Å². The summed E-state index contributed by atoms with van der Waals surface area (Å²) in [4.78, 5) is 56.5. The molecule has 0 fully saturated rings. The highest BCUT2D eigenvalue weighted by atomic mass is 16.2. The summed E-state index contributed by atoms with van der Waals surface area (Å²) in [6, 6.07) is 0. The summed E-state index contributed by atoms with van der Waals surface area (Å²) in [6.45, 7) is 1.34. The Morgan fingerprint density at radius 2 is 1.65 bits per heavy atom. The second-order valence-corrected chi connectivity index (χ2v) is 3.41. The van der Waals surface area contributed by atoms with Crippen molar-refractivity contribution in [3.63, 3.8) is 0 Å². The summed E-state index contributed by atoms with van der Waals surface area (Å²) in [5.41, 5.74) is -4.77. The number of hydrogen-bond acceptors (Lipinski definition) is 6. The Morgan fingerprint density at radius 1 is 1.18 bits per heavy atom.